The van der Waals surface area contributed by atoms with Crippen LogP contribution in [0.25, 0.3) is 22.9 Å². The second-order valence-electron chi connectivity index (χ2n) is 5.23. The predicted molar refractivity (Wildman–Crippen MR) is 91.1 cm³/mol. The smallest absolute Gasteiger partial charge is 0.197 e. The van der Waals surface area contributed by atoms with Gasteiger partial charge in [-0.3, -0.25) is 4.79 Å². The molecule has 1 N–H and O–H groups in total. The summed E-state index contributed by atoms with van der Waals surface area (Å²) in [6.45, 7) is 3.34. The number of carbonyl (C=O) groups is 1. The fourth-order valence-electron chi connectivity index (χ4n) is 2.07. The van der Waals surface area contributed by atoms with Crippen molar-refractivity contribution in [2.24, 2.45) is 5.18 Å². The van der Waals surface area contributed by atoms with Crippen LogP contribution in [-0.2, 0) is 4.79 Å². The van der Waals surface area contributed by atoms with Crippen LogP contribution in [0.2, 0.25) is 0 Å². The maximum atomic E-state index is 11.0. The van der Waals surface area contributed by atoms with Crippen molar-refractivity contribution in [3.05, 3.63) is 40.8 Å². The standard InChI is InChI=1S/C16H14N4O3S/c1-9-3-4-11(7-12(9)20-22)13-5-6-14(23-13)15-17-16(19-18-15)24-8-10(2)21/h3-7H,8H2,1-2H3,(H,17,18,19). The summed E-state index contributed by atoms with van der Waals surface area (Å²) in [6.07, 6.45) is 0. The van der Waals surface area contributed by atoms with Gasteiger partial charge in [0, 0.05) is 5.56 Å². The Labute approximate surface area is 141 Å². The molecule has 0 saturated heterocycles. The van der Waals surface area contributed by atoms with E-state index in [1.807, 2.05) is 19.1 Å². The third-order valence-electron chi connectivity index (χ3n) is 3.31. The molecular formula is C16H14N4O3S. The minimum atomic E-state index is 0.0668. The van der Waals surface area contributed by atoms with E-state index >= 15 is 0 Å². The molecule has 0 radical (unpaired) electrons. The van der Waals surface area contributed by atoms with E-state index in [2.05, 4.69) is 20.4 Å². The molecule has 0 aliphatic heterocycles. The number of rotatable bonds is 6. The van der Waals surface area contributed by atoms with E-state index in [1.54, 1.807) is 18.2 Å². The minimum Gasteiger partial charge on any atom is -0.453 e. The van der Waals surface area contributed by atoms with Gasteiger partial charge in [-0.2, -0.15) is 0 Å². The highest BCUT2D eigenvalue weighted by atomic mass is 32.2. The number of aromatic amines is 1. The van der Waals surface area contributed by atoms with Gasteiger partial charge in [-0.15, -0.1) is 15.1 Å². The lowest BCUT2D eigenvalue weighted by atomic mass is 10.1. The van der Waals surface area contributed by atoms with Gasteiger partial charge in [0.1, 0.15) is 17.2 Å². The maximum Gasteiger partial charge on any atom is 0.197 e. The molecule has 3 aromatic rings. The van der Waals surface area contributed by atoms with E-state index in [-0.39, 0.29) is 5.78 Å². The Morgan fingerprint density at radius 3 is 2.79 bits per heavy atom. The van der Waals surface area contributed by atoms with Crippen LogP contribution in [0.5, 0.6) is 0 Å². The molecule has 0 unspecified atom stereocenters. The molecule has 0 aliphatic carbocycles. The van der Waals surface area contributed by atoms with Crippen molar-refractivity contribution in [3.63, 3.8) is 0 Å². The normalized spacial score (nSPS) is 10.8. The molecule has 0 amide bonds. The van der Waals surface area contributed by atoms with Crippen LogP contribution in [0.1, 0.15) is 12.5 Å². The third kappa shape index (κ3) is 3.43. The zero-order valence-electron chi connectivity index (χ0n) is 13.1. The van der Waals surface area contributed by atoms with Gasteiger partial charge < -0.3 is 9.40 Å². The lowest BCUT2D eigenvalue weighted by Crippen LogP contribution is -1.93. The molecule has 0 atom stereocenters. The highest BCUT2D eigenvalue weighted by molar-refractivity contribution is 7.99. The number of thioether (sulfide) groups is 1. The van der Waals surface area contributed by atoms with E-state index in [0.717, 1.165) is 11.1 Å². The van der Waals surface area contributed by atoms with Crippen LogP contribution in [-0.4, -0.2) is 26.7 Å². The highest BCUT2D eigenvalue weighted by Gasteiger charge is 2.13. The number of aryl methyl sites for hydroxylation is 1. The summed E-state index contributed by atoms with van der Waals surface area (Å²) in [5.41, 5.74) is 1.95. The van der Waals surface area contributed by atoms with Crippen molar-refractivity contribution in [1.82, 2.24) is 15.2 Å². The first-order chi connectivity index (χ1) is 11.6. The van der Waals surface area contributed by atoms with E-state index in [1.165, 1.54) is 18.7 Å². The van der Waals surface area contributed by atoms with E-state index in [4.69, 9.17) is 4.42 Å². The number of Topliss-reactive ketones (excluding diaryl/α,β-unsaturated/α-hetero) is 1. The molecule has 3 rings (SSSR count). The van der Waals surface area contributed by atoms with Gasteiger partial charge in [-0.1, -0.05) is 23.9 Å². The van der Waals surface area contributed by atoms with Crippen LogP contribution < -0.4 is 0 Å². The molecule has 2 heterocycles. The number of furan rings is 1. The molecule has 24 heavy (non-hydrogen) atoms. The zero-order chi connectivity index (χ0) is 17.1. The molecule has 8 heteroatoms. The number of nitrogens with one attached hydrogen (secondary N) is 1. The summed E-state index contributed by atoms with van der Waals surface area (Å²) in [7, 11) is 0. The Morgan fingerprint density at radius 1 is 1.25 bits per heavy atom. The largest absolute Gasteiger partial charge is 0.453 e. The highest BCUT2D eigenvalue weighted by Crippen LogP contribution is 2.31. The molecule has 0 bridgehead atoms. The summed E-state index contributed by atoms with van der Waals surface area (Å²) >= 11 is 1.29. The summed E-state index contributed by atoms with van der Waals surface area (Å²) < 4.78 is 5.78. The predicted octanol–water partition coefficient (Wildman–Crippen LogP) is 4.12. The Hall–Kier alpha value is -2.74. The van der Waals surface area contributed by atoms with Crippen molar-refractivity contribution in [2.45, 2.75) is 19.0 Å². The number of benzene rings is 1. The van der Waals surface area contributed by atoms with E-state index in [9.17, 15) is 9.70 Å². The van der Waals surface area contributed by atoms with Crippen LogP contribution in [0.4, 0.5) is 5.69 Å². The maximum absolute atomic E-state index is 11.0. The topological polar surface area (TPSA) is 101 Å². The van der Waals surface area contributed by atoms with E-state index in [0.29, 0.717) is 33.9 Å². The summed E-state index contributed by atoms with van der Waals surface area (Å²) in [5.74, 6) is 2.01. The number of nitroso groups, excluding NO2 is 1. The van der Waals surface area contributed by atoms with Gasteiger partial charge in [-0.05, 0) is 42.8 Å². The lowest BCUT2D eigenvalue weighted by molar-refractivity contribution is -0.114. The fraction of sp³-hybridized carbons (Fsp3) is 0.188. The van der Waals surface area contributed by atoms with E-state index < -0.39 is 0 Å². The number of nitrogens with zero attached hydrogens (tertiary/aromatic N) is 3. The third-order valence-corrected chi connectivity index (χ3v) is 4.32. The number of H-pyrrole nitrogens is 1. The molecule has 0 aliphatic rings. The SMILES string of the molecule is CC(=O)CSc1nnc(-c2ccc(-c3ccc(C)c(N=O)c3)o2)[nH]1. The Morgan fingerprint density at radius 2 is 2.04 bits per heavy atom. The molecule has 7 nitrogen and oxygen atoms in total. The van der Waals surface area contributed by atoms with Crippen LogP contribution >= 0.6 is 11.8 Å². The van der Waals surface area contributed by atoms with Gasteiger partial charge in [0.2, 0.25) is 0 Å². The molecule has 122 valence electrons. The first kappa shape index (κ1) is 16.1. The average molecular weight is 342 g/mol. The van der Waals surface area contributed by atoms with Crippen LogP contribution in [0, 0.1) is 11.8 Å². The number of ketones is 1. The Bertz CT molecular complexity index is 900. The number of aromatic nitrogens is 3. The monoisotopic (exact) mass is 342 g/mol. The van der Waals surface area contributed by atoms with Crippen molar-refractivity contribution in [1.29, 1.82) is 0 Å². The molecular weight excluding hydrogens is 328 g/mol. The molecule has 2 aromatic heterocycles. The first-order valence-electron chi connectivity index (χ1n) is 7.16. The molecule has 0 spiro atoms. The van der Waals surface area contributed by atoms with Crippen molar-refractivity contribution >= 4 is 23.2 Å². The lowest BCUT2D eigenvalue weighted by Gasteiger charge is -2.00. The summed E-state index contributed by atoms with van der Waals surface area (Å²) in [4.78, 5) is 24.8. The van der Waals surface area contributed by atoms with Crippen LogP contribution in [0.15, 0.2) is 45.1 Å². The molecule has 0 saturated carbocycles. The first-order valence-corrected chi connectivity index (χ1v) is 8.15. The van der Waals surface area contributed by atoms with Crippen molar-refractivity contribution < 1.29 is 9.21 Å². The number of carbonyl (C=O) groups excluding carboxylic acids is 1. The quantitative estimate of drug-likeness (QED) is 0.534. The Balaban J connectivity index is 1.83. The Kier molecular flexibility index (Phi) is 4.57. The summed E-state index contributed by atoms with van der Waals surface area (Å²) in [6, 6.07) is 8.92. The van der Waals surface area contributed by atoms with Gasteiger partial charge >= 0.3 is 0 Å². The summed E-state index contributed by atoms with van der Waals surface area (Å²) in [5, 5.41) is 11.6. The second kappa shape index (κ2) is 6.79. The average Bonchev–Trinajstić information content (AvgIpc) is 3.22. The zero-order valence-corrected chi connectivity index (χ0v) is 13.9. The van der Waals surface area contributed by atoms with Crippen molar-refractivity contribution in [2.75, 3.05) is 5.75 Å². The van der Waals surface area contributed by atoms with Crippen molar-refractivity contribution in [3.8, 4) is 22.9 Å². The second-order valence-corrected chi connectivity index (χ2v) is 6.19. The molecule has 0 fully saturated rings. The minimum absolute atomic E-state index is 0.0668. The van der Waals surface area contributed by atoms with Gasteiger partial charge in [0.05, 0.1) is 5.75 Å². The number of hydrogen-bond donors (Lipinski definition) is 1. The van der Waals surface area contributed by atoms with Gasteiger partial charge in [-0.25, -0.2) is 0 Å². The number of hydrogen-bond acceptors (Lipinski definition) is 7. The fourth-order valence-corrected chi connectivity index (χ4v) is 2.68. The van der Waals surface area contributed by atoms with Gasteiger partial charge in [0.15, 0.2) is 16.7 Å². The van der Waals surface area contributed by atoms with Gasteiger partial charge in [0.25, 0.3) is 0 Å². The molecule has 1 aromatic carbocycles. The van der Waals surface area contributed by atoms with Crippen LogP contribution in [0.3, 0.4) is 0 Å².